The van der Waals surface area contributed by atoms with E-state index in [-0.39, 0.29) is 29.9 Å². The number of aliphatic imine (C=N–C) groups is 1. The third-order valence-electron chi connectivity index (χ3n) is 3.69. The van der Waals surface area contributed by atoms with Crippen LogP contribution in [-0.2, 0) is 4.79 Å². The van der Waals surface area contributed by atoms with Gasteiger partial charge in [0.2, 0.25) is 5.91 Å². The quantitative estimate of drug-likeness (QED) is 0.294. The van der Waals surface area contributed by atoms with Gasteiger partial charge >= 0.3 is 0 Å². The van der Waals surface area contributed by atoms with E-state index in [0.29, 0.717) is 18.5 Å². The van der Waals surface area contributed by atoms with Gasteiger partial charge in [0.15, 0.2) is 5.96 Å². The highest BCUT2D eigenvalue weighted by molar-refractivity contribution is 14.0. The van der Waals surface area contributed by atoms with Crippen LogP contribution in [0.5, 0.6) is 0 Å². The number of halogens is 1. The predicted octanol–water partition coefficient (Wildman–Crippen LogP) is 2.00. The van der Waals surface area contributed by atoms with Gasteiger partial charge in [-0.15, -0.1) is 24.0 Å². The van der Waals surface area contributed by atoms with Crippen LogP contribution < -0.4 is 16.4 Å². The summed E-state index contributed by atoms with van der Waals surface area (Å²) in [6.07, 6.45) is 7.48. The summed E-state index contributed by atoms with van der Waals surface area (Å²) in [6, 6.07) is 0.439. The molecule has 0 heterocycles. The number of rotatable bonds is 4. The fraction of sp³-hybridized carbons (Fsp3) is 0.857. The number of carbonyl (C=O) groups is 1. The van der Waals surface area contributed by atoms with Crippen LogP contribution in [0.4, 0.5) is 0 Å². The summed E-state index contributed by atoms with van der Waals surface area (Å²) in [4.78, 5) is 16.0. The molecule has 118 valence electrons. The van der Waals surface area contributed by atoms with Gasteiger partial charge in [0, 0.05) is 13.1 Å². The molecule has 1 aliphatic rings. The molecule has 0 aromatic heterocycles. The van der Waals surface area contributed by atoms with Crippen LogP contribution in [-0.4, -0.2) is 31.5 Å². The Kier molecular flexibility index (Phi) is 9.16. The van der Waals surface area contributed by atoms with Crippen LogP contribution in [0.25, 0.3) is 0 Å². The minimum Gasteiger partial charge on any atom is -0.370 e. The molecule has 1 rings (SSSR count). The molecule has 1 saturated carbocycles. The van der Waals surface area contributed by atoms with Crippen molar-refractivity contribution in [1.29, 1.82) is 0 Å². The van der Waals surface area contributed by atoms with Gasteiger partial charge < -0.3 is 16.4 Å². The Morgan fingerprint density at radius 1 is 1.25 bits per heavy atom. The number of hydrogen-bond donors (Lipinski definition) is 3. The normalized spacial score (nSPS) is 17.9. The monoisotopic (exact) mass is 396 g/mol. The molecule has 0 aromatic carbocycles. The molecule has 0 bridgehead atoms. The maximum Gasteiger partial charge on any atom is 0.227 e. The molecule has 0 radical (unpaired) electrons. The highest BCUT2D eigenvalue weighted by Crippen LogP contribution is 2.17. The zero-order valence-corrected chi connectivity index (χ0v) is 15.2. The number of carbonyl (C=O) groups excluding carboxylic acids is 1. The number of nitrogens with one attached hydrogen (secondary N) is 2. The molecule has 6 heteroatoms. The van der Waals surface area contributed by atoms with Gasteiger partial charge in [-0.2, -0.15) is 0 Å². The average molecular weight is 396 g/mol. The lowest BCUT2D eigenvalue weighted by molar-refractivity contribution is -0.128. The number of nitrogens with zero attached hydrogens (tertiary/aromatic N) is 1. The maximum atomic E-state index is 11.6. The largest absolute Gasteiger partial charge is 0.370 e. The van der Waals surface area contributed by atoms with Gasteiger partial charge in [0.1, 0.15) is 0 Å². The highest BCUT2D eigenvalue weighted by Gasteiger charge is 2.26. The maximum absolute atomic E-state index is 11.6. The number of guanidine groups is 1. The van der Waals surface area contributed by atoms with Gasteiger partial charge in [-0.1, -0.05) is 25.7 Å². The first-order chi connectivity index (χ1) is 8.95. The third-order valence-corrected chi connectivity index (χ3v) is 3.69. The standard InChI is InChI=1S/C14H28N4O.HI/c1-14(2,12(19)16-3)10-17-13(15)18-11-8-6-4-5-7-9-11;/h11H,4-10H2,1-3H3,(H,16,19)(H3,15,17,18);1H. The lowest BCUT2D eigenvalue weighted by Crippen LogP contribution is -2.42. The van der Waals surface area contributed by atoms with Crippen LogP contribution in [0.3, 0.4) is 0 Å². The smallest absolute Gasteiger partial charge is 0.227 e. The third kappa shape index (κ3) is 6.76. The van der Waals surface area contributed by atoms with Gasteiger partial charge in [-0.25, -0.2) is 0 Å². The first kappa shape index (κ1) is 19.5. The van der Waals surface area contributed by atoms with Crippen molar-refractivity contribution in [3.63, 3.8) is 0 Å². The highest BCUT2D eigenvalue weighted by atomic mass is 127. The first-order valence-corrected chi connectivity index (χ1v) is 7.24. The van der Waals surface area contributed by atoms with Gasteiger partial charge in [0.25, 0.3) is 0 Å². The molecule has 4 N–H and O–H groups in total. The van der Waals surface area contributed by atoms with E-state index in [2.05, 4.69) is 15.6 Å². The average Bonchev–Trinajstić information content (AvgIpc) is 2.64. The molecule has 0 spiro atoms. The van der Waals surface area contributed by atoms with E-state index in [1.54, 1.807) is 7.05 Å². The first-order valence-electron chi connectivity index (χ1n) is 7.24. The summed E-state index contributed by atoms with van der Waals surface area (Å²) in [5.41, 5.74) is 5.39. The van der Waals surface area contributed by atoms with Crippen molar-refractivity contribution < 1.29 is 4.79 Å². The second-order valence-electron chi connectivity index (χ2n) is 6.00. The second kappa shape index (κ2) is 9.41. The number of amides is 1. The summed E-state index contributed by atoms with van der Waals surface area (Å²) in [5.74, 6) is 0.447. The molecule has 1 fully saturated rings. The van der Waals surface area contributed by atoms with Gasteiger partial charge in [0.05, 0.1) is 12.0 Å². The van der Waals surface area contributed by atoms with Crippen molar-refractivity contribution in [3.05, 3.63) is 0 Å². The Morgan fingerprint density at radius 2 is 1.80 bits per heavy atom. The van der Waals surface area contributed by atoms with Crippen molar-refractivity contribution >= 4 is 35.8 Å². The molecule has 20 heavy (non-hydrogen) atoms. The molecule has 1 aliphatic carbocycles. The topological polar surface area (TPSA) is 79.5 Å². The Bertz CT molecular complexity index is 323. The number of nitrogens with two attached hydrogens (primary N) is 1. The van der Waals surface area contributed by atoms with Crippen LogP contribution >= 0.6 is 24.0 Å². The van der Waals surface area contributed by atoms with Crippen molar-refractivity contribution in [3.8, 4) is 0 Å². The van der Waals surface area contributed by atoms with Gasteiger partial charge in [-0.3, -0.25) is 9.79 Å². The SMILES string of the molecule is CNC(=O)C(C)(C)CN=C(N)NC1CCCCCC1.I. The molecule has 5 nitrogen and oxygen atoms in total. The predicted molar refractivity (Wildman–Crippen MR) is 94.4 cm³/mol. The zero-order valence-electron chi connectivity index (χ0n) is 12.9. The van der Waals surface area contributed by atoms with Crippen molar-refractivity contribution in [2.45, 2.75) is 58.4 Å². The Labute approximate surface area is 139 Å². The molecule has 0 unspecified atom stereocenters. The van der Waals surface area contributed by atoms with Crippen molar-refractivity contribution in [2.24, 2.45) is 16.1 Å². The van der Waals surface area contributed by atoms with E-state index < -0.39 is 5.41 Å². The van der Waals surface area contributed by atoms with Gasteiger partial charge in [-0.05, 0) is 26.7 Å². The van der Waals surface area contributed by atoms with Crippen LogP contribution in [0.15, 0.2) is 4.99 Å². The summed E-state index contributed by atoms with van der Waals surface area (Å²) < 4.78 is 0. The molecule has 0 aliphatic heterocycles. The molecule has 1 amide bonds. The van der Waals surface area contributed by atoms with Crippen molar-refractivity contribution in [1.82, 2.24) is 10.6 Å². The molecule has 0 atom stereocenters. The fourth-order valence-electron chi connectivity index (χ4n) is 2.37. The summed E-state index contributed by atoms with van der Waals surface area (Å²) in [7, 11) is 1.64. The molecular formula is C14H29IN4O. The van der Waals surface area contributed by atoms with E-state index in [0.717, 1.165) is 12.8 Å². The van der Waals surface area contributed by atoms with Crippen LogP contribution in [0, 0.1) is 5.41 Å². The van der Waals surface area contributed by atoms with Crippen molar-refractivity contribution in [2.75, 3.05) is 13.6 Å². The molecule has 0 aromatic rings. The lowest BCUT2D eigenvalue weighted by Gasteiger charge is -2.21. The molecular weight excluding hydrogens is 367 g/mol. The van der Waals surface area contributed by atoms with E-state index in [9.17, 15) is 4.79 Å². The number of hydrogen-bond acceptors (Lipinski definition) is 2. The minimum atomic E-state index is -0.523. The summed E-state index contributed by atoms with van der Waals surface area (Å²) in [6.45, 7) is 4.14. The van der Waals surface area contributed by atoms with E-state index >= 15 is 0 Å². The Hall–Kier alpha value is -0.530. The summed E-state index contributed by atoms with van der Waals surface area (Å²) >= 11 is 0. The summed E-state index contributed by atoms with van der Waals surface area (Å²) in [5, 5.41) is 5.93. The van der Waals surface area contributed by atoms with E-state index in [1.807, 2.05) is 13.8 Å². The van der Waals surface area contributed by atoms with E-state index in [4.69, 9.17) is 5.73 Å². The van der Waals surface area contributed by atoms with E-state index in [1.165, 1.54) is 25.7 Å². The second-order valence-corrected chi connectivity index (χ2v) is 6.00. The Morgan fingerprint density at radius 3 is 2.30 bits per heavy atom. The van der Waals surface area contributed by atoms with Crippen LogP contribution in [0.1, 0.15) is 52.4 Å². The van der Waals surface area contributed by atoms with Crippen LogP contribution in [0.2, 0.25) is 0 Å². The fourth-order valence-corrected chi connectivity index (χ4v) is 2.37. The molecule has 0 saturated heterocycles. The minimum absolute atomic E-state index is 0. The zero-order chi connectivity index (χ0) is 14.3. The Balaban J connectivity index is 0.00000361. The lowest BCUT2D eigenvalue weighted by atomic mass is 9.93.